The number of anilines is 1. The third kappa shape index (κ3) is 4.87. The molecule has 41 heavy (non-hydrogen) atoms. The molecule has 0 bridgehead atoms. The summed E-state index contributed by atoms with van der Waals surface area (Å²) in [5.41, 5.74) is -0.707. The first-order valence-electron chi connectivity index (χ1n) is 10.3. The molecule has 4 nitrogen and oxygen atoms in total. The lowest BCUT2D eigenvalue weighted by Crippen LogP contribution is -2.75. The molecule has 1 aliphatic carbocycles. The second-order valence-corrected chi connectivity index (χ2v) is 9.96. The van der Waals surface area contributed by atoms with Gasteiger partial charge in [-0.2, -0.15) is 70.2 Å². The van der Waals surface area contributed by atoms with Crippen LogP contribution in [0.2, 0.25) is 0 Å². The summed E-state index contributed by atoms with van der Waals surface area (Å²) < 4.78 is 223. The molecular weight excluding hydrogens is 662 g/mol. The number of hydrogen-bond acceptors (Lipinski definition) is 4. The maximum absolute atomic E-state index is 14.3. The van der Waals surface area contributed by atoms with Gasteiger partial charge >= 0.3 is 58.7 Å². The van der Waals surface area contributed by atoms with E-state index in [1.165, 1.54) is 0 Å². The smallest absolute Gasteiger partial charge is 0.393 e. The van der Waals surface area contributed by atoms with Crippen molar-refractivity contribution in [2.45, 2.75) is 72.5 Å². The minimum atomic E-state index is -8.69. The molecule has 0 unspecified atom stereocenters. The first kappa shape index (κ1) is 35.0. The van der Waals surface area contributed by atoms with Gasteiger partial charge in [-0.05, 0) is 42.8 Å². The molecule has 1 N–H and O–H groups in total. The molecule has 0 aliphatic heterocycles. The number of carbonyl (C=O) groups is 2. The summed E-state index contributed by atoms with van der Waals surface area (Å²) in [5, 5.41) is -7.10. The molecule has 236 valence electrons. The SMILES string of the molecule is COC(=O)c1c(NC(=O)C(F)(F)C(F)(F)C(F)(F)C(F)(F)C(F)(F)C(F)(F)C(F)(F)C(F)(F)Cl)sc2c1CCCC2. The van der Waals surface area contributed by atoms with Crippen LogP contribution in [-0.2, 0) is 22.4 Å². The van der Waals surface area contributed by atoms with E-state index in [-0.39, 0.29) is 34.6 Å². The number of fused-ring (bicyclic) bond motifs is 1. The van der Waals surface area contributed by atoms with Gasteiger partial charge in [0.1, 0.15) is 5.00 Å². The van der Waals surface area contributed by atoms with Crippen LogP contribution in [0.25, 0.3) is 0 Å². The van der Waals surface area contributed by atoms with Gasteiger partial charge in [0.25, 0.3) is 0 Å². The van der Waals surface area contributed by atoms with Crippen molar-refractivity contribution in [3.05, 3.63) is 16.0 Å². The number of carbonyl (C=O) groups excluding carboxylic acids is 2. The van der Waals surface area contributed by atoms with Crippen LogP contribution in [0.3, 0.4) is 0 Å². The Kier molecular flexibility index (Phi) is 8.72. The number of aryl methyl sites for hydroxylation is 1. The highest BCUT2D eigenvalue weighted by Gasteiger charge is 2.95. The predicted octanol–water partition coefficient (Wildman–Crippen LogP) is 7.63. The fraction of sp³-hybridized carbons (Fsp3) is 0.684. The lowest BCUT2D eigenvalue weighted by molar-refractivity contribution is -0.445. The number of alkyl halides is 17. The number of esters is 1. The maximum atomic E-state index is 14.3. The van der Waals surface area contributed by atoms with Gasteiger partial charge in [-0.15, -0.1) is 11.3 Å². The van der Waals surface area contributed by atoms with Crippen molar-refractivity contribution in [1.82, 2.24) is 0 Å². The monoisotopic (exact) mass is 673 g/mol. The molecule has 0 spiro atoms. The van der Waals surface area contributed by atoms with E-state index in [2.05, 4.69) is 16.3 Å². The van der Waals surface area contributed by atoms with E-state index in [0.717, 1.165) is 12.4 Å². The Morgan fingerprint density at radius 2 is 1.12 bits per heavy atom. The third-order valence-corrected chi connectivity index (χ3v) is 7.24. The second-order valence-electron chi connectivity index (χ2n) is 8.38. The number of thiophene rings is 1. The van der Waals surface area contributed by atoms with Crippen LogP contribution in [0.1, 0.15) is 33.6 Å². The summed E-state index contributed by atoms with van der Waals surface area (Å²) in [6, 6.07) is 0. The average Bonchev–Trinajstić information content (AvgIpc) is 3.19. The summed E-state index contributed by atoms with van der Waals surface area (Å²) in [6.07, 6.45) is 0.930. The Bertz CT molecular complexity index is 1190. The normalized spacial score (nSPS) is 16.3. The second kappa shape index (κ2) is 10.2. The Hall–Kier alpha value is -2.19. The van der Waals surface area contributed by atoms with Crippen LogP contribution in [0, 0.1) is 0 Å². The molecular formula is C19H12ClF16NO3S. The van der Waals surface area contributed by atoms with Gasteiger partial charge in [-0.3, -0.25) is 4.79 Å². The van der Waals surface area contributed by atoms with Gasteiger partial charge in [0.05, 0.1) is 12.7 Å². The van der Waals surface area contributed by atoms with Crippen molar-refractivity contribution in [2.24, 2.45) is 0 Å². The summed E-state index contributed by atoms with van der Waals surface area (Å²) in [4.78, 5) is 24.2. The topological polar surface area (TPSA) is 55.4 Å². The van der Waals surface area contributed by atoms with E-state index in [1.54, 1.807) is 0 Å². The van der Waals surface area contributed by atoms with E-state index in [1.807, 2.05) is 0 Å². The fourth-order valence-electron chi connectivity index (χ4n) is 3.46. The number of nitrogens with one attached hydrogen (secondary N) is 1. The molecule has 1 aliphatic rings. The van der Waals surface area contributed by atoms with Crippen LogP contribution >= 0.6 is 22.9 Å². The van der Waals surface area contributed by atoms with E-state index in [4.69, 9.17) is 0 Å². The van der Waals surface area contributed by atoms with E-state index < -0.39 is 69.3 Å². The first-order valence-corrected chi connectivity index (χ1v) is 11.5. The molecule has 0 aromatic carbocycles. The molecule has 2 rings (SSSR count). The van der Waals surface area contributed by atoms with Gasteiger partial charge in [0.2, 0.25) is 0 Å². The molecule has 0 atom stereocenters. The molecule has 1 heterocycles. The Balaban J connectivity index is 2.58. The highest BCUT2D eigenvalue weighted by Crippen LogP contribution is 2.64. The summed E-state index contributed by atoms with van der Waals surface area (Å²) in [7, 11) is 0.728. The Morgan fingerprint density at radius 3 is 1.56 bits per heavy atom. The average molecular weight is 674 g/mol. The first-order chi connectivity index (χ1) is 18.1. The van der Waals surface area contributed by atoms with Gasteiger partial charge in [-0.25, -0.2) is 4.79 Å². The van der Waals surface area contributed by atoms with Crippen LogP contribution in [0.5, 0.6) is 0 Å². The minimum absolute atomic E-state index is 0.0261. The quantitative estimate of drug-likeness (QED) is 0.158. The Morgan fingerprint density at radius 1 is 0.707 bits per heavy atom. The molecule has 0 saturated heterocycles. The van der Waals surface area contributed by atoms with E-state index >= 15 is 0 Å². The molecule has 1 aromatic rings. The van der Waals surface area contributed by atoms with Gasteiger partial charge < -0.3 is 10.1 Å². The number of hydrogen-bond donors (Lipinski definition) is 1. The highest BCUT2D eigenvalue weighted by molar-refractivity contribution is 7.17. The number of amides is 1. The van der Waals surface area contributed by atoms with Gasteiger partial charge in [-0.1, -0.05) is 0 Å². The predicted molar refractivity (Wildman–Crippen MR) is 106 cm³/mol. The van der Waals surface area contributed by atoms with Crippen LogP contribution in [0.15, 0.2) is 0 Å². The van der Waals surface area contributed by atoms with Crippen molar-refractivity contribution in [3.8, 4) is 0 Å². The number of rotatable bonds is 10. The van der Waals surface area contributed by atoms with Crippen molar-refractivity contribution in [2.75, 3.05) is 12.4 Å². The lowest BCUT2D eigenvalue weighted by Gasteiger charge is -2.42. The molecule has 0 fully saturated rings. The summed E-state index contributed by atoms with van der Waals surface area (Å²) >= 11 is 3.72. The molecule has 0 radical (unpaired) electrons. The number of halogens is 17. The molecule has 22 heteroatoms. The molecule has 1 aromatic heterocycles. The minimum Gasteiger partial charge on any atom is -0.465 e. The lowest BCUT2D eigenvalue weighted by atomic mass is 9.89. The van der Waals surface area contributed by atoms with E-state index in [0.29, 0.717) is 12.8 Å². The highest BCUT2D eigenvalue weighted by atomic mass is 35.5. The Labute approximate surface area is 225 Å². The van der Waals surface area contributed by atoms with E-state index in [9.17, 15) is 79.8 Å². The van der Waals surface area contributed by atoms with Crippen LogP contribution in [0.4, 0.5) is 75.2 Å². The van der Waals surface area contributed by atoms with Crippen molar-refractivity contribution >= 4 is 39.8 Å². The van der Waals surface area contributed by atoms with Crippen molar-refractivity contribution < 1.29 is 84.6 Å². The van der Waals surface area contributed by atoms with Crippen LogP contribution in [-0.4, -0.2) is 65.8 Å². The van der Waals surface area contributed by atoms with Crippen molar-refractivity contribution in [3.63, 3.8) is 0 Å². The number of methoxy groups -OCH3 is 1. The van der Waals surface area contributed by atoms with Crippen LogP contribution < -0.4 is 5.32 Å². The fourth-order valence-corrected chi connectivity index (χ4v) is 4.85. The molecule has 1 amide bonds. The maximum Gasteiger partial charge on any atom is 0.393 e. The van der Waals surface area contributed by atoms with Gasteiger partial charge in [0.15, 0.2) is 0 Å². The molecule has 0 saturated carbocycles. The summed E-state index contributed by atoms with van der Waals surface area (Å²) in [6.45, 7) is 0. The largest absolute Gasteiger partial charge is 0.465 e. The standard InChI is InChI=1S/C19H12ClF16NO3S/c1-40-10(38)8-6-4-2-3-5-7(6)41-9(8)37-11(39)12(21,22)13(23,24)14(25,26)15(27,28)16(29,30)17(31,32)18(33,34)19(20,35)36/h2-5H2,1H3,(H,37,39). The van der Waals surface area contributed by atoms with Crippen molar-refractivity contribution in [1.29, 1.82) is 0 Å². The zero-order chi connectivity index (χ0) is 32.4. The summed E-state index contributed by atoms with van der Waals surface area (Å²) in [5.74, 6) is -62.5. The zero-order valence-electron chi connectivity index (χ0n) is 19.4. The van der Waals surface area contributed by atoms with Gasteiger partial charge in [0, 0.05) is 4.88 Å². The zero-order valence-corrected chi connectivity index (χ0v) is 21.0. The third-order valence-electron chi connectivity index (χ3n) is 5.80. The number of ether oxygens (including phenoxy) is 1.